The van der Waals surface area contributed by atoms with Gasteiger partial charge in [0.1, 0.15) is 5.84 Å². The number of hydrogen-bond acceptors (Lipinski definition) is 2. The molecular weight excluding hydrogens is 202 g/mol. The van der Waals surface area contributed by atoms with E-state index >= 15 is 0 Å². The molecule has 2 rings (SSSR count). The van der Waals surface area contributed by atoms with Gasteiger partial charge in [-0.2, -0.15) is 0 Å². The fraction of sp³-hybridized carbons (Fsp3) is 0.333. The third kappa shape index (κ3) is 2.21. The van der Waals surface area contributed by atoms with E-state index in [9.17, 15) is 4.79 Å². The minimum Gasteiger partial charge on any atom is -0.328 e. The third-order valence-corrected chi connectivity index (χ3v) is 2.86. The summed E-state index contributed by atoms with van der Waals surface area (Å²) in [5.41, 5.74) is 1.23. The molecule has 0 spiro atoms. The number of carbonyl (C=O) groups excluding carboxylic acids is 1. The van der Waals surface area contributed by atoms with E-state index in [-0.39, 0.29) is 17.9 Å². The molecular formula is C12H15N3O. The second-order valence-corrected chi connectivity index (χ2v) is 4.11. The van der Waals surface area contributed by atoms with Gasteiger partial charge in [0.15, 0.2) is 0 Å². The van der Waals surface area contributed by atoms with Crippen LogP contribution in [0.1, 0.15) is 24.8 Å². The lowest BCUT2D eigenvalue weighted by Gasteiger charge is -2.15. The lowest BCUT2D eigenvalue weighted by molar-refractivity contribution is 0.247. The number of carbonyl (C=O) groups is 1. The Hall–Kier alpha value is -1.84. The molecule has 3 N–H and O–H groups in total. The highest BCUT2D eigenvalue weighted by molar-refractivity contribution is 6.05. The molecule has 1 fully saturated rings. The zero-order chi connectivity index (χ0) is 11.5. The van der Waals surface area contributed by atoms with Gasteiger partial charge < -0.3 is 5.32 Å². The first kappa shape index (κ1) is 10.7. The second kappa shape index (κ2) is 4.35. The van der Waals surface area contributed by atoms with Crippen LogP contribution in [0.4, 0.5) is 4.79 Å². The number of hydrogen-bond donors (Lipinski definition) is 3. The standard InChI is InChI=1S/C12H15N3O/c1-8(9-5-3-2-4-6-9)7-10-11(13)15-12(16)14-10/h2-6,8,10H,7H2,1H3,(H3,13,14,15,16). The molecule has 84 valence electrons. The summed E-state index contributed by atoms with van der Waals surface area (Å²) in [6, 6.07) is 9.68. The molecule has 0 aromatic heterocycles. The van der Waals surface area contributed by atoms with Gasteiger partial charge in [-0.1, -0.05) is 37.3 Å². The van der Waals surface area contributed by atoms with E-state index in [0.717, 1.165) is 6.42 Å². The maximum Gasteiger partial charge on any atom is 0.320 e. The third-order valence-electron chi connectivity index (χ3n) is 2.86. The van der Waals surface area contributed by atoms with Crippen molar-refractivity contribution < 1.29 is 4.79 Å². The number of benzene rings is 1. The molecule has 1 aromatic carbocycles. The van der Waals surface area contributed by atoms with E-state index in [0.29, 0.717) is 5.92 Å². The van der Waals surface area contributed by atoms with Crippen molar-refractivity contribution in [2.24, 2.45) is 0 Å². The quantitative estimate of drug-likeness (QED) is 0.710. The van der Waals surface area contributed by atoms with Crippen molar-refractivity contribution in [1.29, 1.82) is 5.41 Å². The highest BCUT2D eigenvalue weighted by Gasteiger charge is 2.27. The molecule has 16 heavy (non-hydrogen) atoms. The largest absolute Gasteiger partial charge is 0.328 e. The molecule has 2 amide bonds. The maximum absolute atomic E-state index is 11.0. The first-order chi connectivity index (χ1) is 7.66. The van der Waals surface area contributed by atoms with Crippen LogP contribution in [0.25, 0.3) is 0 Å². The Kier molecular flexibility index (Phi) is 2.90. The van der Waals surface area contributed by atoms with Gasteiger partial charge in [0, 0.05) is 0 Å². The Morgan fingerprint density at radius 3 is 2.62 bits per heavy atom. The minimum absolute atomic E-state index is 0.178. The topological polar surface area (TPSA) is 65.0 Å². The predicted octanol–water partition coefficient (Wildman–Crippen LogP) is 1.84. The van der Waals surface area contributed by atoms with Crippen molar-refractivity contribution in [2.75, 3.05) is 0 Å². The fourth-order valence-corrected chi connectivity index (χ4v) is 1.92. The normalized spacial score (nSPS) is 21.4. The van der Waals surface area contributed by atoms with E-state index < -0.39 is 0 Å². The maximum atomic E-state index is 11.0. The van der Waals surface area contributed by atoms with Gasteiger partial charge in [-0.25, -0.2) is 4.79 Å². The zero-order valence-electron chi connectivity index (χ0n) is 9.16. The fourth-order valence-electron chi connectivity index (χ4n) is 1.92. The smallest absolute Gasteiger partial charge is 0.320 e. The molecule has 4 nitrogen and oxygen atoms in total. The van der Waals surface area contributed by atoms with Crippen LogP contribution in [0.2, 0.25) is 0 Å². The van der Waals surface area contributed by atoms with Crippen LogP contribution in [-0.4, -0.2) is 17.9 Å². The lowest BCUT2D eigenvalue weighted by Crippen LogP contribution is -2.29. The molecule has 1 aromatic rings. The monoisotopic (exact) mass is 217 g/mol. The zero-order valence-corrected chi connectivity index (χ0v) is 9.16. The van der Waals surface area contributed by atoms with Crippen molar-refractivity contribution in [2.45, 2.75) is 25.3 Å². The van der Waals surface area contributed by atoms with Crippen molar-refractivity contribution in [3.05, 3.63) is 35.9 Å². The average molecular weight is 217 g/mol. The van der Waals surface area contributed by atoms with Crippen molar-refractivity contribution >= 4 is 11.9 Å². The number of rotatable bonds is 3. The molecule has 2 atom stereocenters. The molecule has 0 aliphatic carbocycles. The lowest BCUT2D eigenvalue weighted by atomic mass is 9.94. The number of urea groups is 1. The van der Waals surface area contributed by atoms with E-state index in [4.69, 9.17) is 5.41 Å². The van der Waals surface area contributed by atoms with Crippen LogP contribution in [0.15, 0.2) is 30.3 Å². The van der Waals surface area contributed by atoms with E-state index in [2.05, 4.69) is 29.7 Å². The number of nitrogens with one attached hydrogen (secondary N) is 3. The predicted molar refractivity (Wildman–Crippen MR) is 62.7 cm³/mol. The summed E-state index contributed by atoms with van der Waals surface area (Å²) < 4.78 is 0. The van der Waals surface area contributed by atoms with Gasteiger partial charge in [0.25, 0.3) is 0 Å². The molecule has 1 saturated heterocycles. The van der Waals surface area contributed by atoms with E-state index in [1.807, 2.05) is 18.2 Å². The second-order valence-electron chi connectivity index (χ2n) is 4.11. The Balaban J connectivity index is 2.00. The van der Waals surface area contributed by atoms with E-state index in [1.165, 1.54) is 5.56 Å². The Bertz CT molecular complexity index is 402. The Labute approximate surface area is 94.6 Å². The van der Waals surface area contributed by atoms with Crippen molar-refractivity contribution in [3.63, 3.8) is 0 Å². The Morgan fingerprint density at radius 2 is 2.06 bits per heavy atom. The van der Waals surface area contributed by atoms with Crippen molar-refractivity contribution in [3.8, 4) is 0 Å². The summed E-state index contributed by atoms with van der Waals surface area (Å²) in [5, 5.41) is 12.8. The SMILES string of the molecule is CC(CC1NC(=O)NC1=N)c1ccccc1. The molecule has 0 saturated carbocycles. The highest BCUT2D eigenvalue weighted by atomic mass is 16.2. The summed E-state index contributed by atoms with van der Waals surface area (Å²) in [5.74, 6) is 0.597. The molecule has 2 unspecified atom stereocenters. The van der Waals surface area contributed by atoms with Crippen LogP contribution in [0.5, 0.6) is 0 Å². The van der Waals surface area contributed by atoms with Crippen LogP contribution >= 0.6 is 0 Å². The van der Waals surface area contributed by atoms with Gasteiger partial charge in [0.05, 0.1) is 6.04 Å². The van der Waals surface area contributed by atoms with Crippen LogP contribution in [0, 0.1) is 5.41 Å². The number of amidine groups is 1. The molecule has 0 radical (unpaired) electrons. The first-order valence-electron chi connectivity index (χ1n) is 5.37. The first-order valence-corrected chi connectivity index (χ1v) is 5.37. The molecule has 1 heterocycles. The van der Waals surface area contributed by atoms with Crippen molar-refractivity contribution in [1.82, 2.24) is 10.6 Å². The molecule has 1 aliphatic heterocycles. The van der Waals surface area contributed by atoms with E-state index in [1.54, 1.807) is 0 Å². The summed E-state index contributed by atoms with van der Waals surface area (Å²) in [4.78, 5) is 11.0. The summed E-state index contributed by atoms with van der Waals surface area (Å²) in [6.07, 6.45) is 0.752. The molecule has 0 bridgehead atoms. The summed E-state index contributed by atoms with van der Waals surface area (Å²) in [6.45, 7) is 2.10. The van der Waals surface area contributed by atoms with Gasteiger partial charge in [0.2, 0.25) is 0 Å². The van der Waals surface area contributed by atoms with Gasteiger partial charge in [-0.15, -0.1) is 0 Å². The average Bonchev–Trinajstić information content (AvgIpc) is 2.59. The summed E-state index contributed by atoms with van der Waals surface area (Å²) in [7, 11) is 0. The summed E-state index contributed by atoms with van der Waals surface area (Å²) >= 11 is 0. The highest BCUT2D eigenvalue weighted by Crippen LogP contribution is 2.21. The minimum atomic E-state index is -0.268. The van der Waals surface area contributed by atoms with Crippen LogP contribution < -0.4 is 10.6 Å². The van der Waals surface area contributed by atoms with Gasteiger partial charge in [-0.05, 0) is 17.9 Å². The van der Waals surface area contributed by atoms with Gasteiger partial charge in [-0.3, -0.25) is 10.7 Å². The van der Waals surface area contributed by atoms with Gasteiger partial charge >= 0.3 is 6.03 Å². The molecule has 4 heteroatoms. The number of amides is 2. The molecule has 1 aliphatic rings. The Morgan fingerprint density at radius 1 is 1.38 bits per heavy atom. The van der Waals surface area contributed by atoms with Crippen LogP contribution in [-0.2, 0) is 0 Å². The van der Waals surface area contributed by atoms with Crippen LogP contribution in [0.3, 0.4) is 0 Å².